The monoisotopic (exact) mass is 348 g/mol. The molecule has 1 aromatic rings. The lowest BCUT2D eigenvalue weighted by atomic mass is 10.1. The Morgan fingerprint density at radius 3 is 2.50 bits per heavy atom. The van der Waals surface area contributed by atoms with Crippen molar-refractivity contribution < 1.29 is 0 Å². The maximum atomic E-state index is 4.94. The molecule has 1 aromatic heterocycles. The lowest BCUT2D eigenvalue weighted by molar-refractivity contribution is -0.00456. The second kappa shape index (κ2) is 7.40. The second-order valence-electron chi connectivity index (χ2n) is 8.17. The summed E-state index contributed by atoms with van der Waals surface area (Å²) in [7, 11) is 0. The number of piperazine rings is 1. The molecular formula is C19H32N4S. The molecule has 0 aromatic carbocycles. The third kappa shape index (κ3) is 3.69. The summed E-state index contributed by atoms with van der Waals surface area (Å²) in [6.45, 7) is 13.1. The van der Waals surface area contributed by atoms with E-state index in [0.29, 0.717) is 6.04 Å². The average molecular weight is 349 g/mol. The van der Waals surface area contributed by atoms with Gasteiger partial charge in [0.1, 0.15) is 0 Å². The molecule has 3 fully saturated rings. The Bertz CT molecular complexity index is 523. The highest BCUT2D eigenvalue weighted by atomic mass is 32.1. The molecule has 0 radical (unpaired) electrons. The maximum Gasteiger partial charge on any atom is 0.0959 e. The molecule has 1 saturated carbocycles. The molecule has 2 saturated heterocycles. The smallest absolute Gasteiger partial charge is 0.0959 e. The molecule has 0 N–H and O–H groups in total. The van der Waals surface area contributed by atoms with Gasteiger partial charge in [-0.15, -0.1) is 11.3 Å². The van der Waals surface area contributed by atoms with Gasteiger partial charge in [0, 0.05) is 69.2 Å². The molecule has 0 spiro atoms. The van der Waals surface area contributed by atoms with Crippen LogP contribution >= 0.6 is 11.3 Å². The lowest BCUT2D eigenvalue weighted by Gasteiger charge is -2.48. The Labute approximate surface area is 150 Å². The molecule has 0 bridgehead atoms. The van der Waals surface area contributed by atoms with E-state index in [1.807, 2.05) is 11.3 Å². The summed E-state index contributed by atoms with van der Waals surface area (Å²) < 4.78 is 0. The van der Waals surface area contributed by atoms with Crippen molar-refractivity contribution in [2.45, 2.75) is 64.1 Å². The van der Waals surface area contributed by atoms with Crippen molar-refractivity contribution in [1.29, 1.82) is 0 Å². The summed E-state index contributed by atoms with van der Waals surface area (Å²) in [6, 6.07) is 1.48. The van der Waals surface area contributed by atoms with E-state index in [2.05, 4.69) is 33.9 Å². The van der Waals surface area contributed by atoms with E-state index in [1.54, 1.807) is 0 Å². The van der Waals surface area contributed by atoms with E-state index in [4.69, 9.17) is 4.98 Å². The zero-order chi connectivity index (χ0) is 16.5. The number of hydrogen-bond acceptors (Lipinski definition) is 5. The van der Waals surface area contributed by atoms with Crippen LogP contribution in [-0.2, 0) is 6.54 Å². The van der Waals surface area contributed by atoms with Crippen molar-refractivity contribution in [2.75, 3.05) is 39.3 Å². The summed E-state index contributed by atoms with van der Waals surface area (Å²) in [5.41, 5.74) is 1.31. The van der Waals surface area contributed by atoms with Gasteiger partial charge in [0.15, 0.2) is 0 Å². The fourth-order valence-electron chi connectivity index (χ4n) is 4.51. The van der Waals surface area contributed by atoms with Crippen LogP contribution in [0.5, 0.6) is 0 Å². The quantitative estimate of drug-likeness (QED) is 0.816. The zero-order valence-corrected chi connectivity index (χ0v) is 16.1. The van der Waals surface area contributed by atoms with Gasteiger partial charge in [0.05, 0.1) is 10.7 Å². The van der Waals surface area contributed by atoms with E-state index in [0.717, 1.165) is 18.5 Å². The van der Waals surface area contributed by atoms with Crippen molar-refractivity contribution in [3.8, 4) is 0 Å². The van der Waals surface area contributed by atoms with Gasteiger partial charge in [-0.3, -0.25) is 14.7 Å². The first-order valence-electron chi connectivity index (χ1n) is 9.84. The third-order valence-electron chi connectivity index (χ3n) is 6.19. The number of aromatic nitrogens is 1. The Hall–Kier alpha value is -0.490. The van der Waals surface area contributed by atoms with E-state index in [-0.39, 0.29) is 0 Å². The molecule has 4 rings (SSSR count). The fraction of sp³-hybridized carbons (Fsp3) is 0.842. The SMILES string of the molecule is CC(C)N1CCN(C2CN(Cc3csc(C4CCCC4)n3)C2)CC1. The number of likely N-dealkylation sites (tertiary alicyclic amines) is 1. The van der Waals surface area contributed by atoms with Crippen LogP contribution < -0.4 is 0 Å². The minimum Gasteiger partial charge on any atom is -0.298 e. The summed E-state index contributed by atoms with van der Waals surface area (Å²) in [4.78, 5) is 12.8. The highest BCUT2D eigenvalue weighted by Crippen LogP contribution is 2.35. The molecule has 0 atom stereocenters. The lowest BCUT2D eigenvalue weighted by Crippen LogP contribution is -2.63. The normalized spacial score (nSPS) is 25.6. The molecule has 5 heteroatoms. The highest BCUT2D eigenvalue weighted by molar-refractivity contribution is 7.09. The van der Waals surface area contributed by atoms with Gasteiger partial charge in [-0.25, -0.2) is 4.98 Å². The van der Waals surface area contributed by atoms with E-state index >= 15 is 0 Å². The van der Waals surface area contributed by atoms with Gasteiger partial charge in [0.25, 0.3) is 0 Å². The Kier molecular flexibility index (Phi) is 5.23. The first kappa shape index (κ1) is 17.0. The van der Waals surface area contributed by atoms with Crippen LogP contribution in [0.15, 0.2) is 5.38 Å². The number of hydrogen-bond donors (Lipinski definition) is 0. The molecule has 2 aliphatic heterocycles. The fourth-order valence-corrected chi connectivity index (χ4v) is 5.49. The Morgan fingerprint density at radius 1 is 1.12 bits per heavy atom. The summed E-state index contributed by atoms with van der Waals surface area (Å²) >= 11 is 1.90. The maximum absolute atomic E-state index is 4.94. The van der Waals surface area contributed by atoms with Crippen molar-refractivity contribution in [1.82, 2.24) is 19.7 Å². The topological polar surface area (TPSA) is 22.6 Å². The number of thiazole rings is 1. The molecule has 3 aliphatic rings. The molecule has 0 unspecified atom stereocenters. The molecule has 4 nitrogen and oxygen atoms in total. The van der Waals surface area contributed by atoms with Gasteiger partial charge >= 0.3 is 0 Å². The molecular weight excluding hydrogens is 316 g/mol. The number of nitrogens with zero attached hydrogens (tertiary/aromatic N) is 4. The van der Waals surface area contributed by atoms with Crippen LogP contribution in [0.1, 0.15) is 56.2 Å². The van der Waals surface area contributed by atoms with Gasteiger partial charge < -0.3 is 0 Å². The first-order valence-corrected chi connectivity index (χ1v) is 10.7. The van der Waals surface area contributed by atoms with E-state index < -0.39 is 0 Å². The minimum absolute atomic E-state index is 0.698. The molecule has 3 heterocycles. The van der Waals surface area contributed by atoms with Crippen LogP contribution in [-0.4, -0.2) is 71.0 Å². The Morgan fingerprint density at radius 2 is 1.83 bits per heavy atom. The van der Waals surface area contributed by atoms with Crippen LogP contribution in [0.3, 0.4) is 0 Å². The molecule has 0 amide bonds. The van der Waals surface area contributed by atoms with Crippen LogP contribution in [0.4, 0.5) is 0 Å². The standard InChI is InChI=1S/C19H32N4S/c1-15(2)22-7-9-23(10-8-22)18-12-21(13-18)11-17-14-24-19(20-17)16-5-3-4-6-16/h14-16,18H,3-13H2,1-2H3. The van der Waals surface area contributed by atoms with E-state index in [9.17, 15) is 0 Å². The predicted octanol–water partition coefficient (Wildman–Crippen LogP) is 3.01. The minimum atomic E-state index is 0.698. The molecule has 1 aliphatic carbocycles. The summed E-state index contributed by atoms with van der Waals surface area (Å²) in [5, 5.41) is 3.71. The number of rotatable bonds is 5. The van der Waals surface area contributed by atoms with Crippen molar-refractivity contribution in [3.63, 3.8) is 0 Å². The van der Waals surface area contributed by atoms with Gasteiger partial charge in [0.2, 0.25) is 0 Å². The first-order chi connectivity index (χ1) is 11.7. The van der Waals surface area contributed by atoms with Crippen molar-refractivity contribution in [2.24, 2.45) is 0 Å². The van der Waals surface area contributed by atoms with Crippen LogP contribution in [0, 0.1) is 0 Å². The van der Waals surface area contributed by atoms with Crippen molar-refractivity contribution >= 4 is 11.3 Å². The zero-order valence-electron chi connectivity index (χ0n) is 15.3. The van der Waals surface area contributed by atoms with Crippen molar-refractivity contribution in [3.05, 3.63) is 16.1 Å². The van der Waals surface area contributed by atoms with E-state index in [1.165, 1.54) is 75.7 Å². The Balaban J connectivity index is 1.21. The van der Waals surface area contributed by atoms with Gasteiger partial charge in [-0.1, -0.05) is 12.8 Å². The second-order valence-corrected chi connectivity index (χ2v) is 9.06. The summed E-state index contributed by atoms with van der Waals surface area (Å²) in [6.07, 6.45) is 5.52. The molecule has 134 valence electrons. The van der Waals surface area contributed by atoms with Crippen LogP contribution in [0.25, 0.3) is 0 Å². The summed E-state index contributed by atoms with van der Waals surface area (Å²) in [5.74, 6) is 0.769. The van der Waals surface area contributed by atoms with Gasteiger partial charge in [-0.05, 0) is 26.7 Å². The van der Waals surface area contributed by atoms with Crippen LogP contribution in [0.2, 0.25) is 0 Å². The predicted molar refractivity (Wildman–Crippen MR) is 101 cm³/mol. The highest BCUT2D eigenvalue weighted by Gasteiger charge is 2.34. The largest absolute Gasteiger partial charge is 0.298 e. The van der Waals surface area contributed by atoms with Gasteiger partial charge in [-0.2, -0.15) is 0 Å². The average Bonchev–Trinajstić information content (AvgIpc) is 3.21. The molecule has 24 heavy (non-hydrogen) atoms. The third-order valence-corrected chi connectivity index (χ3v) is 7.25.